The van der Waals surface area contributed by atoms with E-state index >= 15 is 0 Å². The monoisotopic (exact) mass is 286 g/mol. The van der Waals surface area contributed by atoms with Crippen molar-refractivity contribution in [1.82, 2.24) is 4.90 Å². The summed E-state index contributed by atoms with van der Waals surface area (Å²) in [6.45, 7) is 5.30. The third-order valence-electron chi connectivity index (χ3n) is 3.67. The van der Waals surface area contributed by atoms with E-state index in [0.717, 1.165) is 6.42 Å². The van der Waals surface area contributed by atoms with Crippen LogP contribution < -0.4 is 5.73 Å². The number of hydrogen-bond donors (Lipinski definition) is 1. The van der Waals surface area contributed by atoms with Gasteiger partial charge in [0.25, 0.3) is 0 Å². The molecule has 1 rings (SSSR count). The summed E-state index contributed by atoms with van der Waals surface area (Å²) in [5.41, 5.74) is 5.84. The number of methoxy groups -OCH3 is 1. The Morgan fingerprint density at radius 2 is 1.90 bits per heavy atom. The predicted molar refractivity (Wildman–Crippen MR) is 76.5 cm³/mol. The molecule has 0 aliphatic carbocycles. The molecule has 0 radical (unpaired) electrons. The average Bonchev–Trinajstić information content (AvgIpc) is 2.44. The van der Waals surface area contributed by atoms with Crippen LogP contribution in [0, 0.1) is 11.6 Å². The van der Waals surface area contributed by atoms with Crippen molar-refractivity contribution in [2.45, 2.75) is 32.4 Å². The topological polar surface area (TPSA) is 38.5 Å². The number of ether oxygens (including phenoxy) is 1. The van der Waals surface area contributed by atoms with Gasteiger partial charge in [-0.1, -0.05) is 13.0 Å². The second-order valence-corrected chi connectivity index (χ2v) is 4.87. The van der Waals surface area contributed by atoms with Crippen molar-refractivity contribution >= 4 is 0 Å². The van der Waals surface area contributed by atoms with Crippen LogP contribution in [0.15, 0.2) is 18.2 Å². The molecule has 2 atom stereocenters. The van der Waals surface area contributed by atoms with Crippen LogP contribution in [0.5, 0.6) is 0 Å². The fourth-order valence-electron chi connectivity index (χ4n) is 2.36. The van der Waals surface area contributed by atoms with Gasteiger partial charge in [0.15, 0.2) is 0 Å². The molecule has 0 aliphatic rings. The molecule has 2 unspecified atom stereocenters. The molecule has 0 spiro atoms. The molecule has 0 saturated heterocycles. The standard InChI is InChI=1S/C15H24F2N2O/c1-4-11(2)19(8-9-20-3)14(10-18)15-12(16)6-5-7-13(15)17/h5-7,11,14H,4,8-10,18H2,1-3H3. The highest BCUT2D eigenvalue weighted by Gasteiger charge is 2.27. The Labute approximate surface area is 119 Å². The van der Waals surface area contributed by atoms with Crippen LogP contribution in [0.25, 0.3) is 0 Å². The van der Waals surface area contributed by atoms with E-state index in [1.807, 2.05) is 18.7 Å². The van der Waals surface area contributed by atoms with Gasteiger partial charge in [-0.25, -0.2) is 8.78 Å². The Balaban J connectivity index is 3.11. The van der Waals surface area contributed by atoms with Crippen molar-refractivity contribution in [3.8, 4) is 0 Å². The third-order valence-corrected chi connectivity index (χ3v) is 3.67. The largest absolute Gasteiger partial charge is 0.383 e. The summed E-state index contributed by atoms with van der Waals surface area (Å²) < 4.78 is 33.1. The number of nitrogens with zero attached hydrogens (tertiary/aromatic N) is 1. The molecule has 0 heterocycles. The lowest BCUT2D eigenvalue weighted by Crippen LogP contribution is -2.42. The molecule has 0 amide bonds. The molecule has 0 fully saturated rings. The van der Waals surface area contributed by atoms with Crippen molar-refractivity contribution in [2.75, 3.05) is 26.8 Å². The fourth-order valence-corrected chi connectivity index (χ4v) is 2.36. The summed E-state index contributed by atoms with van der Waals surface area (Å²) in [5.74, 6) is -1.10. The molecule has 1 aromatic carbocycles. The predicted octanol–water partition coefficient (Wildman–Crippen LogP) is 2.71. The lowest BCUT2D eigenvalue weighted by atomic mass is 10.0. The maximum Gasteiger partial charge on any atom is 0.130 e. The van der Waals surface area contributed by atoms with E-state index in [4.69, 9.17) is 10.5 Å². The Morgan fingerprint density at radius 3 is 2.35 bits per heavy atom. The van der Waals surface area contributed by atoms with Crippen LogP contribution in [0.4, 0.5) is 8.78 Å². The zero-order valence-corrected chi connectivity index (χ0v) is 12.4. The van der Waals surface area contributed by atoms with Gasteiger partial charge >= 0.3 is 0 Å². The number of benzene rings is 1. The molecule has 5 heteroatoms. The van der Waals surface area contributed by atoms with Gasteiger partial charge < -0.3 is 10.5 Å². The molecule has 20 heavy (non-hydrogen) atoms. The van der Waals surface area contributed by atoms with Crippen LogP contribution in [0.1, 0.15) is 31.9 Å². The fraction of sp³-hybridized carbons (Fsp3) is 0.600. The van der Waals surface area contributed by atoms with E-state index in [9.17, 15) is 8.78 Å². The number of halogens is 2. The second-order valence-electron chi connectivity index (χ2n) is 4.87. The molecule has 0 aromatic heterocycles. The van der Waals surface area contributed by atoms with E-state index in [-0.39, 0.29) is 18.2 Å². The van der Waals surface area contributed by atoms with E-state index in [1.54, 1.807) is 7.11 Å². The first-order chi connectivity index (χ1) is 9.56. The summed E-state index contributed by atoms with van der Waals surface area (Å²) in [5, 5.41) is 0. The average molecular weight is 286 g/mol. The molecule has 0 bridgehead atoms. The molecule has 114 valence electrons. The molecule has 2 N–H and O–H groups in total. The summed E-state index contributed by atoms with van der Waals surface area (Å²) in [6.07, 6.45) is 0.871. The van der Waals surface area contributed by atoms with E-state index in [2.05, 4.69) is 0 Å². The summed E-state index contributed by atoms with van der Waals surface area (Å²) >= 11 is 0. The van der Waals surface area contributed by atoms with Gasteiger partial charge in [0.2, 0.25) is 0 Å². The minimum atomic E-state index is -0.550. The van der Waals surface area contributed by atoms with Gasteiger partial charge in [0, 0.05) is 31.8 Å². The molecule has 0 saturated carbocycles. The van der Waals surface area contributed by atoms with Crippen LogP contribution >= 0.6 is 0 Å². The van der Waals surface area contributed by atoms with Crippen molar-refractivity contribution in [3.05, 3.63) is 35.4 Å². The molecule has 1 aromatic rings. The van der Waals surface area contributed by atoms with Gasteiger partial charge in [-0.15, -0.1) is 0 Å². The van der Waals surface area contributed by atoms with Gasteiger partial charge in [-0.05, 0) is 25.5 Å². The smallest absolute Gasteiger partial charge is 0.130 e. The number of nitrogens with two attached hydrogens (primary N) is 1. The van der Waals surface area contributed by atoms with Gasteiger partial charge in [0.05, 0.1) is 12.6 Å². The quantitative estimate of drug-likeness (QED) is 0.798. The maximum absolute atomic E-state index is 14.0. The van der Waals surface area contributed by atoms with Crippen molar-refractivity contribution in [3.63, 3.8) is 0 Å². The van der Waals surface area contributed by atoms with Crippen LogP contribution in [-0.2, 0) is 4.74 Å². The van der Waals surface area contributed by atoms with Crippen LogP contribution in [0.2, 0.25) is 0 Å². The van der Waals surface area contributed by atoms with Crippen LogP contribution in [0.3, 0.4) is 0 Å². The first-order valence-corrected chi connectivity index (χ1v) is 6.95. The molecule has 0 aliphatic heterocycles. The van der Waals surface area contributed by atoms with Crippen molar-refractivity contribution in [1.29, 1.82) is 0 Å². The SMILES string of the molecule is CCC(C)N(CCOC)C(CN)c1c(F)cccc1F. The van der Waals surface area contributed by atoms with E-state index in [0.29, 0.717) is 13.2 Å². The minimum absolute atomic E-state index is 0.0476. The number of rotatable bonds is 8. The first-order valence-electron chi connectivity index (χ1n) is 6.95. The number of hydrogen-bond acceptors (Lipinski definition) is 3. The van der Waals surface area contributed by atoms with Crippen molar-refractivity contribution in [2.24, 2.45) is 5.73 Å². The lowest BCUT2D eigenvalue weighted by molar-refractivity contribution is 0.0873. The van der Waals surface area contributed by atoms with Crippen LogP contribution in [-0.4, -0.2) is 37.7 Å². The lowest BCUT2D eigenvalue weighted by Gasteiger charge is -2.36. The van der Waals surface area contributed by atoms with Crippen molar-refractivity contribution < 1.29 is 13.5 Å². The van der Waals surface area contributed by atoms with Gasteiger partial charge in [-0.2, -0.15) is 0 Å². The Bertz CT molecular complexity index is 395. The Morgan fingerprint density at radius 1 is 1.30 bits per heavy atom. The first kappa shape index (κ1) is 17.0. The maximum atomic E-state index is 14.0. The zero-order chi connectivity index (χ0) is 15.1. The summed E-state index contributed by atoms with van der Waals surface area (Å²) in [7, 11) is 1.61. The second kappa shape index (κ2) is 8.29. The zero-order valence-electron chi connectivity index (χ0n) is 12.4. The van der Waals surface area contributed by atoms with Gasteiger partial charge in [0.1, 0.15) is 11.6 Å². The highest BCUT2D eigenvalue weighted by molar-refractivity contribution is 5.24. The van der Waals surface area contributed by atoms with E-state index < -0.39 is 17.7 Å². The Hall–Kier alpha value is -1.04. The highest BCUT2D eigenvalue weighted by Crippen LogP contribution is 2.27. The Kier molecular flexibility index (Phi) is 7.05. The van der Waals surface area contributed by atoms with Gasteiger partial charge in [-0.3, -0.25) is 4.90 Å². The summed E-state index contributed by atoms with van der Waals surface area (Å²) in [4.78, 5) is 2.00. The molecular formula is C15H24F2N2O. The van der Waals surface area contributed by atoms with E-state index in [1.165, 1.54) is 18.2 Å². The normalized spacial score (nSPS) is 14.6. The minimum Gasteiger partial charge on any atom is -0.383 e. The molecule has 3 nitrogen and oxygen atoms in total. The summed E-state index contributed by atoms with van der Waals surface area (Å²) in [6, 6.07) is 3.59. The third kappa shape index (κ3) is 3.98. The highest BCUT2D eigenvalue weighted by atomic mass is 19.1. The molecular weight excluding hydrogens is 262 g/mol.